The molecule has 0 aliphatic carbocycles. The van der Waals surface area contributed by atoms with Crippen molar-refractivity contribution >= 4 is 17.2 Å². The summed E-state index contributed by atoms with van der Waals surface area (Å²) in [6, 6.07) is 13.1. The van der Waals surface area contributed by atoms with E-state index in [0.717, 1.165) is 22.4 Å². The van der Waals surface area contributed by atoms with Crippen molar-refractivity contribution in [1.29, 1.82) is 0 Å². The highest BCUT2D eigenvalue weighted by molar-refractivity contribution is 5.70. The Labute approximate surface area is 150 Å². The predicted octanol–water partition coefficient (Wildman–Crippen LogP) is 4.85. The Hall–Kier alpha value is -3.48. The number of aryl methyl sites for hydroxylation is 3. The third-order valence-electron chi connectivity index (χ3n) is 3.78. The van der Waals surface area contributed by atoms with Gasteiger partial charge in [-0.15, -0.1) is 0 Å². The van der Waals surface area contributed by atoms with Gasteiger partial charge in [0.2, 0.25) is 5.82 Å². The van der Waals surface area contributed by atoms with Crippen LogP contribution >= 0.6 is 0 Å². The third-order valence-corrected chi connectivity index (χ3v) is 3.78. The van der Waals surface area contributed by atoms with Gasteiger partial charge in [-0.25, -0.2) is 4.98 Å². The Morgan fingerprint density at radius 1 is 1.04 bits per heavy atom. The van der Waals surface area contributed by atoms with Crippen molar-refractivity contribution in [3.05, 3.63) is 75.6 Å². The van der Waals surface area contributed by atoms with Gasteiger partial charge in [-0.1, -0.05) is 24.3 Å². The zero-order valence-electron chi connectivity index (χ0n) is 14.7. The van der Waals surface area contributed by atoms with Crippen LogP contribution in [0.25, 0.3) is 0 Å². The van der Waals surface area contributed by atoms with Gasteiger partial charge >= 0.3 is 11.6 Å². The maximum atomic E-state index is 11.6. The fourth-order valence-corrected chi connectivity index (χ4v) is 2.64. The summed E-state index contributed by atoms with van der Waals surface area (Å²) in [7, 11) is 0. The SMILES string of the molecule is Cc1cc(C)cc(Oc2ncnc(Nc3ccccc3C)c2[N+](=O)[O-])c1. The van der Waals surface area contributed by atoms with Crippen LogP contribution in [0.4, 0.5) is 17.2 Å². The lowest BCUT2D eigenvalue weighted by atomic mass is 10.1. The van der Waals surface area contributed by atoms with E-state index >= 15 is 0 Å². The lowest BCUT2D eigenvalue weighted by molar-refractivity contribution is -0.385. The summed E-state index contributed by atoms with van der Waals surface area (Å²) in [5.41, 5.74) is 3.35. The molecule has 0 unspecified atom stereocenters. The van der Waals surface area contributed by atoms with E-state index < -0.39 is 4.92 Å². The molecule has 0 aliphatic rings. The van der Waals surface area contributed by atoms with Crippen molar-refractivity contribution in [1.82, 2.24) is 9.97 Å². The molecule has 3 aromatic rings. The van der Waals surface area contributed by atoms with Crippen molar-refractivity contribution in [3.8, 4) is 11.6 Å². The molecule has 0 atom stereocenters. The second-order valence-corrected chi connectivity index (χ2v) is 6.00. The van der Waals surface area contributed by atoms with E-state index in [-0.39, 0.29) is 17.4 Å². The van der Waals surface area contributed by atoms with Gasteiger partial charge in [-0.05, 0) is 55.7 Å². The van der Waals surface area contributed by atoms with Gasteiger partial charge < -0.3 is 10.1 Å². The summed E-state index contributed by atoms with van der Waals surface area (Å²) < 4.78 is 5.71. The van der Waals surface area contributed by atoms with Crippen LogP contribution < -0.4 is 10.1 Å². The van der Waals surface area contributed by atoms with Crippen molar-refractivity contribution in [3.63, 3.8) is 0 Å². The first-order valence-electron chi connectivity index (χ1n) is 8.02. The summed E-state index contributed by atoms with van der Waals surface area (Å²) in [5.74, 6) is 0.468. The van der Waals surface area contributed by atoms with Crippen LogP contribution in [0.15, 0.2) is 48.8 Å². The van der Waals surface area contributed by atoms with Crippen LogP contribution in [0.2, 0.25) is 0 Å². The van der Waals surface area contributed by atoms with Gasteiger partial charge in [0.1, 0.15) is 12.1 Å². The van der Waals surface area contributed by atoms with Crippen molar-refractivity contribution in [2.24, 2.45) is 0 Å². The average Bonchev–Trinajstić information content (AvgIpc) is 2.56. The lowest BCUT2D eigenvalue weighted by Gasteiger charge is -2.11. The quantitative estimate of drug-likeness (QED) is 0.523. The number of nitrogens with zero attached hydrogens (tertiary/aromatic N) is 3. The second-order valence-electron chi connectivity index (χ2n) is 6.00. The Morgan fingerprint density at radius 2 is 1.73 bits per heavy atom. The monoisotopic (exact) mass is 350 g/mol. The van der Waals surface area contributed by atoms with Crippen molar-refractivity contribution < 1.29 is 9.66 Å². The molecule has 26 heavy (non-hydrogen) atoms. The fraction of sp³-hybridized carbons (Fsp3) is 0.158. The third kappa shape index (κ3) is 3.77. The number of aromatic nitrogens is 2. The molecule has 0 fully saturated rings. The van der Waals surface area contributed by atoms with Crippen molar-refractivity contribution in [2.45, 2.75) is 20.8 Å². The molecule has 0 amide bonds. The second kappa shape index (κ2) is 7.18. The standard InChI is InChI=1S/C19H18N4O3/c1-12-8-13(2)10-15(9-12)26-19-17(23(24)25)18(20-11-21-19)22-16-7-5-4-6-14(16)3/h4-11H,1-3H3,(H,20,21,22). The number of hydrogen-bond donors (Lipinski definition) is 1. The average molecular weight is 350 g/mol. The van der Waals surface area contributed by atoms with E-state index in [9.17, 15) is 10.1 Å². The number of hydrogen-bond acceptors (Lipinski definition) is 6. The van der Waals surface area contributed by atoms with Crippen LogP contribution in [-0.4, -0.2) is 14.9 Å². The highest BCUT2D eigenvalue weighted by Gasteiger charge is 2.25. The molecular formula is C19H18N4O3. The van der Waals surface area contributed by atoms with E-state index in [4.69, 9.17) is 4.74 Å². The molecule has 7 heteroatoms. The van der Waals surface area contributed by atoms with Gasteiger partial charge in [-0.2, -0.15) is 4.98 Å². The van der Waals surface area contributed by atoms with E-state index in [1.807, 2.05) is 51.1 Å². The van der Waals surface area contributed by atoms with E-state index in [2.05, 4.69) is 15.3 Å². The number of benzene rings is 2. The number of ether oxygens (including phenoxy) is 1. The lowest BCUT2D eigenvalue weighted by Crippen LogP contribution is -2.04. The van der Waals surface area contributed by atoms with Crippen LogP contribution in [0, 0.1) is 30.9 Å². The molecule has 0 saturated carbocycles. The Balaban J connectivity index is 2.01. The summed E-state index contributed by atoms with van der Waals surface area (Å²) in [6.07, 6.45) is 1.24. The first kappa shape index (κ1) is 17.3. The molecule has 0 radical (unpaired) electrons. The maximum absolute atomic E-state index is 11.6. The molecular weight excluding hydrogens is 332 g/mol. The van der Waals surface area contributed by atoms with Gasteiger partial charge in [0.25, 0.3) is 0 Å². The minimum absolute atomic E-state index is 0.0821. The van der Waals surface area contributed by atoms with Gasteiger partial charge in [-0.3, -0.25) is 10.1 Å². The highest BCUT2D eigenvalue weighted by atomic mass is 16.6. The van der Waals surface area contributed by atoms with Gasteiger partial charge in [0.15, 0.2) is 0 Å². The first-order chi connectivity index (χ1) is 12.4. The molecule has 1 N–H and O–H groups in total. The Bertz CT molecular complexity index is 952. The van der Waals surface area contributed by atoms with E-state index in [1.54, 1.807) is 12.1 Å². The summed E-state index contributed by atoms with van der Waals surface area (Å²) >= 11 is 0. The summed E-state index contributed by atoms with van der Waals surface area (Å²) in [6.45, 7) is 5.77. The summed E-state index contributed by atoms with van der Waals surface area (Å²) in [4.78, 5) is 19.1. The molecule has 3 rings (SSSR count). The number of nitro groups is 1. The molecule has 132 valence electrons. The van der Waals surface area contributed by atoms with Crippen LogP contribution in [0.5, 0.6) is 11.6 Å². The fourth-order valence-electron chi connectivity index (χ4n) is 2.64. The molecule has 2 aromatic carbocycles. The number of para-hydroxylation sites is 1. The molecule has 0 spiro atoms. The topological polar surface area (TPSA) is 90.2 Å². The van der Waals surface area contributed by atoms with E-state index in [0.29, 0.717) is 5.75 Å². The highest BCUT2D eigenvalue weighted by Crippen LogP contribution is 2.36. The minimum atomic E-state index is -0.543. The molecule has 0 saturated heterocycles. The summed E-state index contributed by atoms with van der Waals surface area (Å²) in [5, 5.41) is 14.6. The van der Waals surface area contributed by atoms with Gasteiger partial charge in [0.05, 0.1) is 4.92 Å². The number of anilines is 2. The zero-order valence-corrected chi connectivity index (χ0v) is 14.7. The minimum Gasteiger partial charge on any atom is -0.434 e. The number of nitrogens with one attached hydrogen (secondary N) is 1. The van der Waals surface area contributed by atoms with Crippen LogP contribution in [0.3, 0.4) is 0 Å². The molecule has 0 aliphatic heterocycles. The zero-order chi connectivity index (χ0) is 18.7. The largest absolute Gasteiger partial charge is 0.434 e. The van der Waals surface area contributed by atoms with E-state index in [1.165, 1.54) is 6.33 Å². The normalized spacial score (nSPS) is 10.4. The van der Waals surface area contributed by atoms with Crippen LogP contribution in [-0.2, 0) is 0 Å². The predicted molar refractivity (Wildman–Crippen MR) is 99.1 cm³/mol. The smallest absolute Gasteiger partial charge is 0.373 e. The van der Waals surface area contributed by atoms with Gasteiger partial charge in [0, 0.05) is 5.69 Å². The molecule has 0 bridgehead atoms. The maximum Gasteiger partial charge on any atom is 0.373 e. The van der Waals surface area contributed by atoms with Crippen molar-refractivity contribution in [2.75, 3.05) is 5.32 Å². The molecule has 1 heterocycles. The van der Waals surface area contributed by atoms with Crippen LogP contribution in [0.1, 0.15) is 16.7 Å². The molecule has 7 nitrogen and oxygen atoms in total. The molecule has 1 aromatic heterocycles. The Kier molecular flexibility index (Phi) is 4.79. The number of rotatable bonds is 5. The Morgan fingerprint density at radius 3 is 2.38 bits per heavy atom. The first-order valence-corrected chi connectivity index (χ1v) is 8.02.